The number of hydrogen-bond acceptors (Lipinski definition) is 5. The fourth-order valence-corrected chi connectivity index (χ4v) is 4.79. The first-order chi connectivity index (χ1) is 14.5. The lowest BCUT2D eigenvalue weighted by Gasteiger charge is -2.37. The van der Waals surface area contributed by atoms with E-state index >= 15 is 0 Å². The second-order valence-corrected chi connectivity index (χ2v) is 7.96. The number of amides is 2. The molecule has 5 rings (SSSR count). The summed E-state index contributed by atoms with van der Waals surface area (Å²) in [4.78, 5) is 37.1. The predicted octanol–water partition coefficient (Wildman–Crippen LogP) is 2.45. The Morgan fingerprint density at radius 3 is 2.53 bits per heavy atom. The molecule has 3 aliphatic heterocycles. The number of hydrogen-bond donors (Lipinski definition) is 0. The summed E-state index contributed by atoms with van der Waals surface area (Å²) in [5.41, 5.74) is -0.230. The summed E-state index contributed by atoms with van der Waals surface area (Å²) in [7, 11) is 0. The molecule has 2 aromatic rings. The highest BCUT2D eigenvalue weighted by molar-refractivity contribution is 5.93. The fourth-order valence-electron chi connectivity index (χ4n) is 4.79. The second kappa shape index (κ2) is 7.09. The topological polar surface area (TPSA) is 75.6 Å². The van der Waals surface area contributed by atoms with Crippen LogP contribution in [0.5, 0.6) is 0 Å². The van der Waals surface area contributed by atoms with Gasteiger partial charge in [-0.25, -0.2) is 18.7 Å². The molecule has 9 heteroatoms. The molecule has 7 nitrogen and oxygen atoms in total. The van der Waals surface area contributed by atoms with Crippen molar-refractivity contribution in [3.8, 4) is 0 Å². The number of aromatic nitrogens is 2. The van der Waals surface area contributed by atoms with E-state index < -0.39 is 29.5 Å². The van der Waals surface area contributed by atoms with E-state index in [4.69, 9.17) is 4.74 Å². The van der Waals surface area contributed by atoms with Crippen molar-refractivity contribution in [1.29, 1.82) is 0 Å². The quantitative estimate of drug-likeness (QED) is 0.755. The van der Waals surface area contributed by atoms with E-state index in [9.17, 15) is 18.4 Å². The molecule has 0 aliphatic carbocycles. The number of nitrogens with zero attached hydrogens (tertiary/aromatic N) is 4. The number of benzene rings is 1. The normalized spacial score (nSPS) is 25.1. The minimum absolute atomic E-state index is 0.159. The molecule has 2 unspecified atom stereocenters. The maximum absolute atomic E-state index is 13.7. The van der Waals surface area contributed by atoms with Gasteiger partial charge in [0, 0.05) is 38.2 Å². The highest BCUT2D eigenvalue weighted by Crippen LogP contribution is 2.47. The van der Waals surface area contributed by atoms with Gasteiger partial charge in [-0.15, -0.1) is 0 Å². The van der Waals surface area contributed by atoms with Crippen molar-refractivity contribution in [3.05, 3.63) is 59.7 Å². The predicted molar refractivity (Wildman–Crippen MR) is 100.0 cm³/mol. The van der Waals surface area contributed by atoms with Crippen LogP contribution >= 0.6 is 0 Å². The maximum atomic E-state index is 13.7. The van der Waals surface area contributed by atoms with Gasteiger partial charge in [-0.1, -0.05) is 0 Å². The van der Waals surface area contributed by atoms with Crippen molar-refractivity contribution in [3.63, 3.8) is 0 Å². The molecule has 0 bridgehead atoms. The van der Waals surface area contributed by atoms with E-state index in [0.29, 0.717) is 50.0 Å². The molecule has 0 N–H and O–H groups in total. The Morgan fingerprint density at radius 2 is 1.87 bits per heavy atom. The Balaban J connectivity index is 1.32. The van der Waals surface area contributed by atoms with Gasteiger partial charge in [-0.3, -0.25) is 9.59 Å². The van der Waals surface area contributed by atoms with Crippen LogP contribution in [-0.2, 0) is 9.53 Å². The van der Waals surface area contributed by atoms with Gasteiger partial charge in [0.2, 0.25) is 0 Å². The average Bonchev–Trinajstić information content (AvgIpc) is 3.26. The van der Waals surface area contributed by atoms with Crippen molar-refractivity contribution in [1.82, 2.24) is 19.8 Å². The maximum Gasteiger partial charge on any atom is 0.272 e. The van der Waals surface area contributed by atoms with Crippen LogP contribution in [0.25, 0.3) is 0 Å². The van der Waals surface area contributed by atoms with Crippen LogP contribution < -0.4 is 0 Å². The summed E-state index contributed by atoms with van der Waals surface area (Å²) in [6.07, 6.45) is 4.39. The van der Waals surface area contributed by atoms with E-state index in [0.717, 1.165) is 6.07 Å². The Labute approximate surface area is 171 Å². The van der Waals surface area contributed by atoms with Gasteiger partial charge < -0.3 is 14.5 Å². The van der Waals surface area contributed by atoms with Crippen LogP contribution in [0.2, 0.25) is 0 Å². The lowest BCUT2D eigenvalue weighted by Crippen LogP contribution is -2.51. The number of piperidine rings is 1. The van der Waals surface area contributed by atoms with Crippen molar-refractivity contribution >= 4 is 11.8 Å². The van der Waals surface area contributed by atoms with Crippen molar-refractivity contribution in [2.45, 2.75) is 43.6 Å². The molecule has 0 radical (unpaired) electrons. The molecule has 3 saturated heterocycles. The van der Waals surface area contributed by atoms with E-state index in [-0.39, 0.29) is 11.8 Å². The molecule has 156 valence electrons. The first-order valence-electron chi connectivity index (χ1n) is 9.99. The number of halogens is 2. The van der Waals surface area contributed by atoms with Gasteiger partial charge in [-0.05, 0) is 36.6 Å². The SMILES string of the molecule is O=C(c1ccncn1)N1CCC2(CC1)OC1CCC(c3cc(F)cc(F)c3)N1C2=O. The third kappa shape index (κ3) is 3.04. The zero-order chi connectivity index (χ0) is 20.9. The van der Waals surface area contributed by atoms with Gasteiger partial charge in [0.15, 0.2) is 5.60 Å². The molecule has 3 fully saturated rings. The van der Waals surface area contributed by atoms with Crippen LogP contribution in [0.4, 0.5) is 8.78 Å². The van der Waals surface area contributed by atoms with Crippen LogP contribution in [-0.4, -0.2) is 56.5 Å². The third-order valence-electron chi connectivity index (χ3n) is 6.25. The first kappa shape index (κ1) is 19.0. The number of rotatable bonds is 2. The monoisotopic (exact) mass is 414 g/mol. The van der Waals surface area contributed by atoms with Gasteiger partial charge in [0.05, 0.1) is 6.04 Å². The molecular formula is C21H20F2N4O3. The Kier molecular flexibility index (Phi) is 4.50. The number of likely N-dealkylation sites (tertiary alicyclic amines) is 1. The first-order valence-corrected chi connectivity index (χ1v) is 9.99. The van der Waals surface area contributed by atoms with Gasteiger partial charge in [0.25, 0.3) is 11.8 Å². The van der Waals surface area contributed by atoms with Crippen molar-refractivity contribution in [2.75, 3.05) is 13.1 Å². The van der Waals surface area contributed by atoms with Crippen LogP contribution in [0.15, 0.2) is 36.8 Å². The largest absolute Gasteiger partial charge is 0.342 e. The van der Waals surface area contributed by atoms with Crippen LogP contribution in [0.1, 0.15) is 47.8 Å². The molecule has 30 heavy (non-hydrogen) atoms. The molecule has 1 spiro atoms. The summed E-state index contributed by atoms with van der Waals surface area (Å²) in [5, 5.41) is 0. The van der Waals surface area contributed by atoms with Crippen LogP contribution in [0.3, 0.4) is 0 Å². The van der Waals surface area contributed by atoms with Crippen molar-refractivity contribution in [2.24, 2.45) is 0 Å². The summed E-state index contributed by atoms with van der Waals surface area (Å²) in [6.45, 7) is 0.739. The van der Waals surface area contributed by atoms with Crippen LogP contribution in [0, 0.1) is 11.6 Å². The lowest BCUT2D eigenvalue weighted by atomic mass is 9.89. The highest BCUT2D eigenvalue weighted by atomic mass is 19.1. The lowest BCUT2D eigenvalue weighted by molar-refractivity contribution is -0.142. The number of fused-ring (bicyclic) bond motifs is 1. The second-order valence-electron chi connectivity index (χ2n) is 7.96. The molecule has 0 saturated carbocycles. The fraction of sp³-hybridized carbons (Fsp3) is 0.429. The minimum atomic E-state index is -0.988. The summed E-state index contributed by atoms with van der Waals surface area (Å²) >= 11 is 0. The third-order valence-corrected chi connectivity index (χ3v) is 6.25. The molecular weight excluding hydrogens is 394 g/mol. The molecule has 4 heterocycles. The zero-order valence-electron chi connectivity index (χ0n) is 16.1. The molecule has 1 aromatic heterocycles. The smallest absolute Gasteiger partial charge is 0.272 e. The Hall–Kier alpha value is -2.94. The number of ether oxygens (including phenoxy) is 1. The van der Waals surface area contributed by atoms with Gasteiger partial charge in [-0.2, -0.15) is 0 Å². The minimum Gasteiger partial charge on any atom is -0.342 e. The summed E-state index contributed by atoms with van der Waals surface area (Å²) < 4.78 is 33.6. The number of carbonyl (C=O) groups excluding carboxylic acids is 2. The molecule has 1 aromatic carbocycles. The summed E-state index contributed by atoms with van der Waals surface area (Å²) in [5.74, 6) is -1.68. The average molecular weight is 414 g/mol. The number of carbonyl (C=O) groups is 2. The van der Waals surface area contributed by atoms with Gasteiger partial charge in [0.1, 0.15) is 29.9 Å². The Bertz CT molecular complexity index is 975. The molecule has 3 aliphatic rings. The van der Waals surface area contributed by atoms with E-state index in [1.807, 2.05) is 0 Å². The Morgan fingerprint density at radius 1 is 1.13 bits per heavy atom. The van der Waals surface area contributed by atoms with E-state index in [1.165, 1.54) is 24.7 Å². The van der Waals surface area contributed by atoms with Crippen molar-refractivity contribution < 1.29 is 23.1 Å². The van der Waals surface area contributed by atoms with E-state index in [1.54, 1.807) is 15.9 Å². The molecule has 2 atom stereocenters. The van der Waals surface area contributed by atoms with Gasteiger partial charge >= 0.3 is 0 Å². The highest BCUT2D eigenvalue weighted by Gasteiger charge is 2.58. The summed E-state index contributed by atoms with van der Waals surface area (Å²) in [6, 6.07) is 4.52. The van der Waals surface area contributed by atoms with E-state index in [2.05, 4.69) is 9.97 Å². The standard InChI is InChI=1S/C21H20F2N4O3/c22-14-9-13(10-15(23)11-14)17-1-2-18-27(17)20(29)21(30-18)4-7-26(8-5-21)19(28)16-3-6-24-12-25-16/h3,6,9-12,17-18H,1-2,4-5,7-8H2. The molecule has 2 amide bonds. The zero-order valence-corrected chi connectivity index (χ0v) is 16.1.